The Balaban J connectivity index is 1.78. The second-order valence-electron chi connectivity index (χ2n) is 7.63. The molecule has 0 saturated heterocycles. The van der Waals surface area contributed by atoms with Crippen LogP contribution in [0.25, 0.3) is 10.9 Å². The quantitative estimate of drug-likeness (QED) is 0.384. The summed E-state index contributed by atoms with van der Waals surface area (Å²) >= 11 is 0. The van der Waals surface area contributed by atoms with Crippen molar-refractivity contribution in [3.63, 3.8) is 0 Å². The highest BCUT2D eigenvalue weighted by Crippen LogP contribution is 2.32. The van der Waals surface area contributed by atoms with Crippen LogP contribution in [0.3, 0.4) is 0 Å². The van der Waals surface area contributed by atoms with Crippen LogP contribution in [-0.2, 0) is 11.2 Å². The first-order chi connectivity index (χ1) is 14.9. The minimum absolute atomic E-state index is 0.252. The van der Waals surface area contributed by atoms with Gasteiger partial charge in [0.1, 0.15) is 11.6 Å². The van der Waals surface area contributed by atoms with Crippen molar-refractivity contribution in [2.45, 2.75) is 19.4 Å². The molecule has 0 fully saturated rings. The number of hydrogen-bond donors (Lipinski definition) is 1. The molecule has 1 N–H and O–H groups in total. The maximum atomic E-state index is 13.5. The Hall–Kier alpha value is -3.73. The molecule has 0 aliphatic rings. The molecular formula is C26H21F2NO2. The van der Waals surface area contributed by atoms with Gasteiger partial charge in [-0.05, 0) is 77.9 Å². The number of benzene rings is 3. The standard InChI is InChI=1S/C26H21F2NO2/c1-17(15-25(30)31)14-18-2-11-24-21(16-18)12-13-29(24)26(19-3-7-22(27)8-4-19)20-5-9-23(28)10-6-20/h2-13,15-16,26H,14H2,1H3,(H,30,31). The third-order valence-corrected chi connectivity index (χ3v) is 5.29. The van der Waals surface area contributed by atoms with E-state index >= 15 is 0 Å². The number of fused-ring (bicyclic) bond motifs is 1. The summed E-state index contributed by atoms with van der Waals surface area (Å²) in [7, 11) is 0. The van der Waals surface area contributed by atoms with Crippen LogP contribution in [0.15, 0.2) is 90.6 Å². The minimum atomic E-state index is -0.953. The SMILES string of the molecule is CC(=CC(=O)O)Cc1ccc2c(ccn2C(c2ccc(F)cc2)c2ccc(F)cc2)c1. The number of nitrogens with zero attached hydrogens (tertiary/aromatic N) is 1. The molecule has 5 heteroatoms. The maximum Gasteiger partial charge on any atom is 0.328 e. The Labute approximate surface area is 178 Å². The van der Waals surface area contributed by atoms with Gasteiger partial charge in [0.15, 0.2) is 0 Å². The Kier molecular flexibility index (Phi) is 5.67. The molecule has 0 atom stereocenters. The zero-order valence-electron chi connectivity index (χ0n) is 16.9. The lowest BCUT2D eigenvalue weighted by Gasteiger charge is -2.22. The van der Waals surface area contributed by atoms with E-state index in [0.29, 0.717) is 6.42 Å². The van der Waals surface area contributed by atoms with Gasteiger partial charge in [-0.1, -0.05) is 35.9 Å². The number of aromatic nitrogens is 1. The van der Waals surface area contributed by atoms with Gasteiger partial charge in [0.25, 0.3) is 0 Å². The first kappa shape index (κ1) is 20.5. The van der Waals surface area contributed by atoms with Gasteiger partial charge in [0, 0.05) is 17.8 Å². The Bertz CT molecular complexity index is 1210. The van der Waals surface area contributed by atoms with E-state index in [0.717, 1.165) is 33.2 Å². The summed E-state index contributed by atoms with van der Waals surface area (Å²) in [4.78, 5) is 10.9. The average molecular weight is 417 g/mol. The lowest BCUT2D eigenvalue weighted by Crippen LogP contribution is -2.11. The molecule has 0 spiro atoms. The summed E-state index contributed by atoms with van der Waals surface area (Å²) in [6.07, 6.45) is 3.73. The molecule has 156 valence electrons. The highest BCUT2D eigenvalue weighted by atomic mass is 19.1. The Morgan fingerprint density at radius 1 is 0.935 bits per heavy atom. The van der Waals surface area contributed by atoms with Crippen LogP contribution in [0, 0.1) is 11.6 Å². The number of carboxylic acids is 1. The van der Waals surface area contributed by atoms with Crippen LogP contribution in [-0.4, -0.2) is 15.6 Å². The van der Waals surface area contributed by atoms with Gasteiger partial charge in [-0.2, -0.15) is 0 Å². The second-order valence-corrected chi connectivity index (χ2v) is 7.63. The van der Waals surface area contributed by atoms with Gasteiger partial charge in [-0.25, -0.2) is 13.6 Å². The van der Waals surface area contributed by atoms with Crippen molar-refractivity contribution >= 4 is 16.9 Å². The average Bonchev–Trinajstić information content (AvgIpc) is 3.13. The van der Waals surface area contributed by atoms with Crippen LogP contribution in [0.5, 0.6) is 0 Å². The van der Waals surface area contributed by atoms with Crippen LogP contribution < -0.4 is 0 Å². The van der Waals surface area contributed by atoms with Crippen molar-refractivity contribution in [3.8, 4) is 0 Å². The lowest BCUT2D eigenvalue weighted by molar-refractivity contribution is -0.131. The lowest BCUT2D eigenvalue weighted by atomic mass is 9.98. The van der Waals surface area contributed by atoms with Gasteiger partial charge in [0.05, 0.1) is 6.04 Å². The van der Waals surface area contributed by atoms with E-state index in [9.17, 15) is 13.6 Å². The first-order valence-electron chi connectivity index (χ1n) is 9.91. The van der Waals surface area contributed by atoms with Gasteiger partial charge in [0.2, 0.25) is 0 Å². The normalized spacial score (nSPS) is 11.9. The van der Waals surface area contributed by atoms with Crippen LogP contribution in [0.2, 0.25) is 0 Å². The summed E-state index contributed by atoms with van der Waals surface area (Å²) in [6.45, 7) is 1.79. The third kappa shape index (κ3) is 4.56. The predicted molar refractivity (Wildman–Crippen MR) is 117 cm³/mol. The fourth-order valence-corrected chi connectivity index (χ4v) is 3.94. The second kappa shape index (κ2) is 8.56. The molecule has 31 heavy (non-hydrogen) atoms. The van der Waals surface area contributed by atoms with E-state index < -0.39 is 5.97 Å². The third-order valence-electron chi connectivity index (χ3n) is 5.29. The summed E-state index contributed by atoms with van der Waals surface area (Å²) in [5.41, 5.74) is 4.52. The zero-order chi connectivity index (χ0) is 22.0. The summed E-state index contributed by atoms with van der Waals surface area (Å²) in [5, 5.41) is 9.93. The van der Waals surface area contributed by atoms with Crippen molar-refractivity contribution in [3.05, 3.63) is 119 Å². The molecule has 0 saturated carbocycles. The molecule has 0 aliphatic heterocycles. The molecular weight excluding hydrogens is 396 g/mol. The molecule has 0 amide bonds. The number of aliphatic carboxylic acids is 1. The predicted octanol–water partition coefficient (Wildman–Crippen LogP) is 6.13. The van der Waals surface area contributed by atoms with Crippen molar-refractivity contribution in [1.82, 2.24) is 4.57 Å². The molecule has 0 aliphatic carbocycles. The van der Waals surface area contributed by atoms with Gasteiger partial charge in [-0.3, -0.25) is 0 Å². The highest BCUT2D eigenvalue weighted by molar-refractivity contribution is 5.82. The molecule has 4 rings (SSSR count). The summed E-state index contributed by atoms with van der Waals surface area (Å²) in [5.74, 6) is -1.58. The number of halogens is 2. The van der Waals surface area contributed by atoms with E-state index in [1.54, 1.807) is 31.2 Å². The monoisotopic (exact) mass is 417 g/mol. The molecule has 1 heterocycles. The molecule has 0 bridgehead atoms. The van der Waals surface area contributed by atoms with Gasteiger partial charge < -0.3 is 9.67 Å². The number of carbonyl (C=O) groups is 1. The molecule has 0 unspecified atom stereocenters. The van der Waals surface area contributed by atoms with Crippen molar-refractivity contribution in [1.29, 1.82) is 0 Å². The molecule has 4 aromatic rings. The number of allylic oxidation sites excluding steroid dienone is 1. The largest absolute Gasteiger partial charge is 0.478 e. The van der Waals surface area contributed by atoms with E-state index in [1.165, 1.54) is 30.3 Å². The van der Waals surface area contributed by atoms with Gasteiger partial charge in [-0.15, -0.1) is 0 Å². The van der Waals surface area contributed by atoms with E-state index in [-0.39, 0.29) is 17.7 Å². The Morgan fingerprint density at radius 2 is 1.52 bits per heavy atom. The fourth-order valence-electron chi connectivity index (χ4n) is 3.94. The molecule has 3 aromatic carbocycles. The number of hydrogen-bond acceptors (Lipinski definition) is 1. The van der Waals surface area contributed by atoms with Crippen molar-refractivity contribution < 1.29 is 18.7 Å². The summed E-state index contributed by atoms with van der Waals surface area (Å²) in [6, 6.07) is 20.4. The van der Waals surface area contributed by atoms with E-state index in [1.807, 2.05) is 30.5 Å². The van der Waals surface area contributed by atoms with E-state index in [2.05, 4.69) is 4.57 Å². The van der Waals surface area contributed by atoms with Crippen LogP contribution in [0.4, 0.5) is 8.78 Å². The summed E-state index contributed by atoms with van der Waals surface area (Å²) < 4.78 is 29.1. The minimum Gasteiger partial charge on any atom is -0.478 e. The van der Waals surface area contributed by atoms with Crippen LogP contribution in [0.1, 0.15) is 29.7 Å². The number of carboxylic acid groups (broad SMARTS) is 1. The van der Waals surface area contributed by atoms with Gasteiger partial charge >= 0.3 is 5.97 Å². The fraction of sp³-hybridized carbons (Fsp3) is 0.115. The zero-order valence-corrected chi connectivity index (χ0v) is 16.9. The number of rotatable bonds is 6. The van der Waals surface area contributed by atoms with Crippen molar-refractivity contribution in [2.75, 3.05) is 0 Å². The van der Waals surface area contributed by atoms with Crippen molar-refractivity contribution in [2.24, 2.45) is 0 Å². The maximum absolute atomic E-state index is 13.5. The molecule has 3 nitrogen and oxygen atoms in total. The highest BCUT2D eigenvalue weighted by Gasteiger charge is 2.18. The van der Waals surface area contributed by atoms with Crippen LogP contribution >= 0.6 is 0 Å². The molecule has 0 radical (unpaired) electrons. The van der Waals surface area contributed by atoms with E-state index in [4.69, 9.17) is 5.11 Å². The first-order valence-corrected chi connectivity index (χ1v) is 9.91. The topological polar surface area (TPSA) is 42.2 Å². The smallest absolute Gasteiger partial charge is 0.328 e. The Morgan fingerprint density at radius 3 is 2.06 bits per heavy atom. The molecule has 1 aromatic heterocycles.